The Morgan fingerprint density at radius 3 is 2.69 bits per heavy atom. The zero-order valence-corrected chi connectivity index (χ0v) is 14.2. The summed E-state index contributed by atoms with van der Waals surface area (Å²) in [7, 11) is 0. The minimum Gasteiger partial charge on any atom is -0.395 e. The summed E-state index contributed by atoms with van der Waals surface area (Å²) in [5.41, 5.74) is 7.58. The maximum absolute atomic E-state index is 13.1. The largest absolute Gasteiger partial charge is 0.586 e. The molecule has 0 bridgehead atoms. The Labute approximate surface area is 149 Å². The van der Waals surface area contributed by atoms with Crippen molar-refractivity contribution in [1.29, 1.82) is 0 Å². The number of hydrogen-bond acceptors (Lipinski definition) is 7. The van der Waals surface area contributed by atoms with Crippen molar-refractivity contribution >= 4 is 32.6 Å². The van der Waals surface area contributed by atoms with Gasteiger partial charge >= 0.3 is 6.29 Å². The summed E-state index contributed by atoms with van der Waals surface area (Å²) >= 11 is 1.14. The molecule has 1 amide bonds. The lowest BCUT2D eigenvalue weighted by molar-refractivity contribution is -0.286. The molecule has 0 unspecified atom stereocenters. The third-order valence-electron chi connectivity index (χ3n) is 3.73. The van der Waals surface area contributed by atoms with Crippen LogP contribution in [0.3, 0.4) is 0 Å². The summed E-state index contributed by atoms with van der Waals surface area (Å²) in [5.74, 6) is -0.534. The SMILES string of the molecule is Cc1nc(CN)ccc1C(=O)Nc1nc2cc3c(cc2s1)OC(F)(F)O3. The first kappa shape index (κ1) is 16.6. The lowest BCUT2D eigenvalue weighted by atomic mass is 10.1. The maximum Gasteiger partial charge on any atom is 0.586 e. The van der Waals surface area contributed by atoms with Gasteiger partial charge in [-0.15, -0.1) is 8.78 Å². The van der Waals surface area contributed by atoms with Crippen LogP contribution in [0.4, 0.5) is 13.9 Å². The number of nitrogens with zero attached hydrogens (tertiary/aromatic N) is 2. The molecule has 0 spiro atoms. The topological polar surface area (TPSA) is 99.4 Å². The highest BCUT2D eigenvalue weighted by atomic mass is 32.1. The van der Waals surface area contributed by atoms with Crippen molar-refractivity contribution in [2.75, 3.05) is 5.32 Å². The zero-order chi connectivity index (χ0) is 18.5. The Morgan fingerprint density at radius 2 is 2.00 bits per heavy atom. The van der Waals surface area contributed by atoms with Crippen LogP contribution in [-0.4, -0.2) is 22.2 Å². The number of amides is 1. The van der Waals surface area contributed by atoms with Crippen LogP contribution in [0.2, 0.25) is 0 Å². The van der Waals surface area contributed by atoms with Crippen LogP contribution in [0.25, 0.3) is 10.2 Å². The number of hydrogen-bond donors (Lipinski definition) is 2. The van der Waals surface area contributed by atoms with Crippen LogP contribution in [0.15, 0.2) is 24.3 Å². The molecule has 0 saturated carbocycles. The van der Waals surface area contributed by atoms with E-state index in [2.05, 4.69) is 24.8 Å². The second-order valence-electron chi connectivity index (χ2n) is 5.55. The molecule has 1 aliphatic heterocycles. The lowest BCUT2D eigenvalue weighted by Gasteiger charge is -2.06. The molecular weight excluding hydrogens is 366 g/mol. The van der Waals surface area contributed by atoms with Gasteiger partial charge in [-0.3, -0.25) is 15.1 Å². The molecule has 4 rings (SSSR count). The average molecular weight is 378 g/mol. The van der Waals surface area contributed by atoms with Gasteiger partial charge in [0.05, 0.1) is 27.2 Å². The first-order chi connectivity index (χ1) is 12.3. The molecule has 3 N–H and O–H groups in total. The van der Waals surface area contributed by atoms with Crippen LogP contribution in [-0.2, 0) is 6.54 Å². The highest BCUT2D eigenvalue weighted by molar-refractivity contribution is 7.22. The average Bonchev–Trinajstić information content (AvgIpc) is 3.08. The van der Waals surface area contributed by atoms with Crippen molar-refractivity contribution in [2.24, 2.45) is 5.73 Å². The zero-order valence-electron chi connectivity index (χ0n) is 13.4. The van der Waals surface area contributed by atoms with E-state index in [-0.39, 0.29) is 24.0 Å². The maximum atomic E-state index is 13.1. The first-order valence-electron chi connectivity index (χ1n) is 7.53. The highest BCUT2D eigenvalue weighted by Crippen LogP contribution is 2.44. The van der Waals surface area contributed by atoms with E-state index in [1.807, 2.05) is 0 Å². The van der Waals surface area contributed by atoms with Gasteiger partial charge in [0.25, 0.3) is 5.91 Å². The van der Waals surface area contributed by atoms with E-state index in [0.717, 1.165) is 11.3 Å². The van der Waals surface area contributed by atoms with Crippen LogP contribution < -0.4 is 20.5 Å². The summed E-state index contributed by atoms with van der Waals surface area (Å²) in [6, 6.07) is 6.08. The molecule has 1 aliphatic rings. The van der Waals surface area contributed by atoms with Gasteiger partial charge in [0.2, 0.25) is 0 Å². The van der Waals surface area contributed by atoms with Gasteiger partial charge in [-0.05, 0) is 19.1 Å². The Balaban J connectivity index is 1.59. The van der Waals surface area contributed by atoms with Gasteiger partial charge in [-0.1, -0.05) is 11.3 Å². The molecule has 2 aromatic heterocycles. The van der Waals surface area contributed by atoms with Gasteiger partial charge in [0.15, 0.2) is 16.6 Å². The van der Waals surface area contributed by atoms with Gasteiger partial charge < -0.3 is 15.2 Å². The Bertz CT molecular complexity index is 993. The number of aryl methyl sites for hydroxylation is 1. The van der Waals surface area contributed by atoms with Crippen LogP contribution in [0.1, 0.15) is 21.7 Å². The number of halogens is 2. The number of aromatic nitrogens is 2. The van der Waals surface area contributed by atoms with Gasteiger partial charge in [-0.2, -0.15) is 0 Å². The number of fused-ring (bicyclic) bond motifs is 2. The van der Waals surface area contributed by atoms with E-state index in [4.69, 9.17) is 5.73 Å². The summed E-state index contributed by atoms with van der Waals surface area (Å²) in [5, 5.41) is 3.01. The number of benzene rings is 1. The molecule has 0 radical (unpaired) electrons. The molecule has 0 saturated heterocycles. The molecule has 3 aromatic rings. The third kappa shape index (κ3) is 2.93. The fourth-order valence-electron chi connectivity index (χ4n) is 2.56. The summed E-state index contributed by atoms with van der Waals surface area (Å²) < 4.78 is 35.6. The number of carbonyl (C=O) groups excluding carboxylic acids is 1. The Kier molecular flexibility index (Phi) is 3.74. The van der Waals surface area contributed by atoms with Crippen LogP contribution >= 0.6 is 11.3 Å². The molecule has 134 valence electrons. The fraction of sp³-hybridized carbons (Fsp3) is 0.188. The van der Waals surface area contributed by atoms with E-state index in [0.29, 0.717) is 32.3 Å². The summed E-state index contributed by atoms with van der Waals surface area (Å²) in [6.45, 7) is 2.00. The number of nitrogens with one attached hydrogen (secondary N) is 1. The molecule has 3 heterocycles. The molecule has 1 aromatic carbocycles. The van der Waals surface area contributed by atoms with Crippen LogP contribution in [0, 0.1) is 6.92 Å². The lowest BCUT2D eigenvalue weighted by Crippen LogP contribution is -2.25. The first-order valence-corrected chi connectivity index (χ1v) is 8.34. The third-order valence-corrected chi connectivity index (χ3v) is 4.66. The fourth-order valence-corrected chi connectivity index (χ4v) is 3.43. The van der Waals surface area contributed by atoms with E-state index in [1.54, 1.807) is 19.1 Å². The van der Waals surface area contributed by atoms with Crippen molar-refractivity contribution < 1.29 is 23.0 Å². The predicted octanol–water partition coefficient (Wildman–Crippen LogP) is 3.03. The number of ether oxygens (including phenoxy) is 2. The number of rotatable bonds is 3. The molecular formula is C16H12F2N4O3S. The van der Waals surface area contributed by atoms with Crippen molar-refractivity contribution in [1.82, 2.24) is 9.97 Å². The van der Waals surface area contributed by atoms with E-state index in [1.165, 1.54) is 12.1 Å². The van der Waals surface area contributed by atoms with Crippen molar-refractivity contribution in [3.8, 4) is 11.5 Å². The van der Waals surface area contributed by atoms with E-state index < -0.39 is 6.29 Å². The normalized spacial score (nSPS) is 14.6. The number of nitrogens with two attached hydrogens (primary N) is 1. The van der Waals surface area contributed by atoms with Crippen molar-refractivity contribution in [2.45, 2.75) is 19.8 Å². The molecule has 26 heavy (non-hydrogen) atoms. The molecule has 0 aliphatic carbocycles. The van der Waals surface area contributed by atoms with Gasteiger partial charge in [0.1, 0.15) is 0 Å². The second kappa shape index (κ2) is 5.85. The Morgan fingerprint density at radius 1 is 1.27 bits per heavy atom. The monoisotopic (exact) mass is 378 g/mol. The smallest absolute Gasteiger partial charge is 0.395 e. The molecule has 0 atom stereocenters. The number of alkyl halides is 2. The second-order valence-corrected chi connectivity index (χ2v) is 6.58. The number of pyridine rings is 1. The minimum atomic E-state index is -3.68. The summed E-state index contributed by atoms with van der Waals surface area (Å²) in [6.07, 6.45) is -3.68. The molecule has 10 heteroatoms. The standard InChI is InChI=1S/C16H12F2N4O3S/c1-7-9(3-2-8(6-19)20-7)14(23)22-15-21-10-4-11-12(5-13(10)26-15)25-16(17,18)24-11/h2-5H,6,19H2,1H3,(H,21,22,23). The number of carbonyl (C=O) groups is 1. The van der Waals surface area contributed by atoms with Gasteiger partial charge in [0, 0.05) is 18.7 Å². The minimum absolute atomic E-state index is 0.0681. The highest BCUT2D eigenvalue weighted by Gasteiger charge is 2.43. The number of thiazole rings is 1. The molecule has 7 nitrogen and oxygen atoms in total. The Hall–Kier alpha value is -2.85. The van der Waals surface area contributed by atoms with Crippen LogP contribution in [0.5, 0.6) is 11.5 Å². The van der Waals surface area contributed by atoms with E-state index in [9.17, 15) is 13.6 Å². The van der Waals surface area contributed by atoms with Crippen molar-refractivity contribution in [3.63, 3.8) is 0 Å². The van der Waals surface area contributed by atoms with E-state index >= 15 is 0 Å². The van der Waals surface area contributed by atoms with Gasteiger partial charge in [-0.25, -0.2) is 4.98 Å². The summed E-state index contributed by atoms with van der Waals surface area (Å²) in [4.78, 5) is 20.9. The van der Waals surface area contributed by atoms with Crippen molar-refractivity contribution in [3.05, 3.63) is 41.2 Å². The predicted molar refractivity (Wildman–Crippen MR) is 90.6 cm³/mol. The quantitative estimate of drug-likeness (QED) is 0.727. The molecule has 0 fully saturated rings. The number of anilines is 1.